The number of hydrogen-bond donors (Lipinski definition) is 2. The quantitative estimate of drug-likeness (QED) is 0.372. The zero-order chi connectivity index (χ0) is 20.3. The summed E-state index contributed by atoms with van der Waals surface area (Å²) in [6, 6.07) is 10.1. The number of hydrogen-bond acceptors (Lipinski definition) is 5. The van der Waals surface area contributed by atoms with Crippen LogP contribution in [0.2, 0.25) is 0 Å². The molecule has 27 heavy (non-hydrogen) atoms. The van der Waals surface area contributed by atoms with Gasteiger partial charge in [-0.25, -0.2) is 0 Å². The lowest BCUT2D eigenvalue weighted by Gasteiger charge is -2.34. The Morgan fingerprint density at radius 3 is 2.48 bits per heavy atom. The first-order valence-electron chi connectivity index (χ1n) is 8.87. The maximum atomic E-state index is 7.00. The zero-order valence-corrected chi connectivity index (χ0v) is 16.5. The van der Waals surface area contributed by atoms with E-state index in [0.717, 1.165) is 19.2 Å². The lowest BCUT2D eigenvalue weighted by Crippen LogP contribution is -2.52. The van der Waals surface area contributed by atoms with Gasteiger partial charge in [-0.15, -0.1) is 13.2 Å². The predicted molar refractivity (Wildman–Crippen MR) is 111 cm³/mol. The first kappa shape index (κ1) is 25.0. The largest absolute Gasteiger partial charge is 0.400 e. The third kappa shape index (κ3) is 10.0. The number of rotatable bonds is 10. The van der Waals surface area contributed by atoms with E-state index in [1.165, 1.54) is 5.56 Å². The van der Waals surface area contributed by atoms with Crippen LogP contribution in [0, 0.1) is 0 Å². The summed E-state index contributed by atoms with van der Waals surface area (Å²) in [5.41, 5.74) is 5.07. The second-order valence-electron chi connectivity index (χ2n) is 5.22. The second-order valence-corrected chi connectivity index (χ2v) is 5.22. The summed E-state index contributed by atoms with van der Waals surface area (Å²) in [6.07, 6.45) is 7.64. The minimum absolute atomic E-state index is 0.0322. The summed E-state index contributed by atoms with van der Waals surface area (Å²) < 4.78 is 11.7. The molecule has 5 heteroatoms. The van der Waals surface area contributed by atoms with Crippen LogP contribution in [0.3, 0.4) is 0 Å². The molecule has 1 saturated heterocycles. The average molecular weight is 376 g/mol. The Morgan fingerprint density at radius 2 is 1.96 bits per heavy atom. The van der Waals surface area contributed by atoms with Crippen LogP contribution in [0.5, 0.6) is 0 Å². The Kier molecular flexibility index (Phi) is 16.1. The van der Waals surface area contributed by atoms with Crippen LogP contribution in [0.25, 0.3) is 0 Å². The van der Waals surface area contributed by atoms with E-state index >= 15 is 0 Å². The normalized spacial score (nSPS) is 17.0. The molecule has 1 heterocycles. The standard InChI is InChI=1S/C19H25NO3.C2H4.CH4O/c1-3-5-11-17(4-2)19(18-14-20-23-18)22-13-12-21-15-16-9-7-6-8-10-16;2*1-2/h3-11,18-20H,1,12-15H2,2H3;1-2H2;2H,1H3/b11-5-,17-4+;;. The van der Waals surface area contributed by atoms with Gasteiger partial charge in [-0.2, -0.15) is 5.48 Å². The van der Waals surface area contributed by atoms with Crippen molar-refractivity contribution in [2.24, 2.45) is 0 Å². The Bertz CT molecular complexity index is 539. The van der Waals surface area contributed by atoms with E-state index in [-0.39, 0.29) is 12.2 Å². The van der Waals surface area contributed by atoms with Gasteiger partial charge in [0.1, 0.15) is 12.2 Å². The molecule has 1 aliphatic heterocycles. The summed E-state index contributed by atoms with van der Waals surface area (Å²) in [5.74, 6) is 0. The van der Waals surface area contributed by atoms with E-state index < -0.39 is 0 Å². The van der Waals surface area contributed by atoms with Crippen molar-refractivity contribution in [3.05, 3.63) is 85.5 Å². The van der Waals surface area contributed by atoms with Gasteiger partial charge in [0.2, 0.25) is 0 Å². The van der Waals surface area contributed by atoms with E-state index in [1.807, 2.05) is 43.4 Å². The Hall–Kier alpha value is -2.02. The molecule has 2 atom stereocenters. The van der Waals surface area contributed by atoms with Crippen molar-refractivity contribution in [1.29, 1.82) is 0 Å². The highest BCUT2D eigenvalue weighted by atomic mass is 16.7. The van der Waals surface area contributed by atoms with E-state index in [4.69, 9.17) is 19.4 Å². The van der Waals surface area contributed by atoms with Gasteiger partial charge < -0.3 is 14.6 Å². The van der Waals surface area contributed by atoms with Crippen molar-refractivity contribution >= 4 is 0 Å². The van der Waals surface area contributed by atoms with Crippen molar-refractivity contribution in [2.45, 2.75) is 25.7 Å². The number of allylic oxidation sites excluding steroid dienone is 3. The second kappa shape index (κ2) is 17.4. The zero-order valence-electron chi connectivity index (χ0n) is 16.5. The van der Waals surface area contributed by atoms with E-state index in [9.17, 15) is 0 Å². The van der Waals surface area contributed by atoms with Gasteiger partial charge in [0.25, 0.3) is 0 Å². The molecule has 1 fully saturated rings. The molecule has 0 aromatic heterocycles. The molecule has 1 aromatic carbocycles. The van der Waals surface area contributed by atoms with Gasteiger partial charge in [0.05, 0.1) is 26.4 Å². The molecule has 0 radical (unpaired) electrons. The molecule has 0 spiro atoms. The summed E-state index contributed by atoms with van der Waals surface area (Å²) >= 11 is 0. The fourth-order valence-electron chi connectivity index (χ4n) is 2.30. The molecule has 0 bridgehead atoms. The van der Waals surface area contributed by atoms with Crippen molar-refractivity contribution in [2.75, 3.05) is 26.9 Å². The number of hydroxylamine groups is 1. The van der Waals surface area contributed by atoms with Crippen molar-refractivity contribution in [3.8, 4) is 0 Å². The first-order chi connectivity index (χ1) is 13.3. The monoisotopic (exact) mass is 375 g/mol. The van der Waals surface area contributed by atoms with E-state index in [1.54, 1.807) is 6.08 Å². The van der Waals surface area contributed by atoms with Gasteiger partial charge in [-0.3, -0.25) is 4.84 Å². The molecule has 1 aliphatic rings. The van der Waals surface area contributed by atoms with Crippen LogP contribution in [0.15, 0.2) is 79.9 Å². The SMILES string of the molecule is C=C.C=C/C=C\C(=C/C)C(OCCOCc1ccccc1)C1CNO1.CO. The molecule has 150 valence electrons. The van der Waals surface area contributed by atoms with Crippen molar-refractivity contribution in [3.63, 3.8) is 0 Å². The Labute approximate surface area is 163 Å². The molecule has 0 aliphatic carbocycles. The molecule has 2 unspecified atom stereocenters. The molecule has 5 nitrogen and oxygen atoms in total. The van der Waals surface area contributed by atoms with Crippen molar-refractivity contribution in [1.82, 2.24) is 5.48 Å². The number of ether oxygens (including phenoxy) is 2. The molecule has 2 N–H and O–H groups in total. The van der Waals surface area contributed by atoms with Crippen molar-refractivity contribution < 1.29 is 19.4 Å². The van der Waals surface area contributed by atoms with Gasteiger partial charge in [-0.05, 0) is 18.1 Å². The van der Waals surface area contributed by atoms with Crippen LogP contribution in [0.4, 0.5) is 0 Å². The molecule has 2 rings (SSSR count). The van der Waals surface area contributed by atoms with E-state index in [0.29, 0.717) is 19.8 Å². The van der Waals surface area contributed by atoms with E-state index in [2.05, 4.69) is 37.3 Å². The van der Waals surface area contributed by atoms with Crippen LogP contribution >= 0.6 is 0 Å². The lowest BCUT2D eigenvalue weighted by atomic mass is 10.0. The number of aliphatic hydroxyl groups is 1. The highest BCUT2D eigenvalue weighted by molar-refractivity contribution is 5.26. The lowest BCUT2D eigenvalue weighted by molar-refractivity contribution is -0.175. The summed E-state index contributed by atoms with van der Waals surface area (Å²) in [5, 5.41) is 7.00. The Balaban J connectivity index is 0.00000158. The fraction of sp³-hybridized carbons (Fsp3) is 0.364. The predicted octanol–water partition coefficient (Wildman–Crippen LogP) is 3.59. The first-order valence-corrected chi connectivity index (χ1v) is 8.87. The van der Waals surface area contributed by atoms with Crippen LogP contribution in [-0.4, -0.2) is 44.2 Å². The third-order valence-corrected chi connectivity index (χ3v) is 3.58. The molecule has 0 saturated carbocycles. The minimum Gasteiger partial charge on any atom is -0.400 e. The molecule has 0 amide bonds. The minimum atomic E-state index is -0.0993. The highest BCUT2D eigenvalue weighted by Gasteiger charge is 2.31. The average Bonchev–Trinajstić information content (AvgIpc) is 2.70. The van der Waals surface area contributed by atoms with Gasteiger partial charge in [0, 0.05) is 7.11 Å². The number of benzene rings is 1. The van der Waals surface area contributed by atoms with Crippen LogP contribution in [0.1, 0.15) is 12.5 Å². The maximum Gasteiger partial charge on any atom is 0.124 e. The Morgan fingerprint density at radius 1 is 1.30 bits per heavy atom. The van der Waals surface area contributed by atoms with Gasteiger partial charge >= 0.3 is 0 Å². The summed E-state index contributed by atoms with van der Waals surface area (Å²) in [6.45, 7) is 14.2. The smallest absolute Gasteiger partial charge is 0.124 e. The summed E-state index contributed by atoms with van der Waals surface area (Å²) in [7, 11) is 1.00. The van der Waals surface area contributed by atoms with Gasteiger partial charge in [-0.1, -0.05) is 61.2 Å². The van der Waals surface area contributed by atoms with Crippen LogP contribution in [-0.2, 0) is 20.9 Å². The van der Waals surface area contributed by atoms with Crippen LogP contribution < -0.4 is 5.48 Å². The highest BCUT2D eigenvalue weighted by Crippen LogP contribution is 2.18. The summed E-state index contributed by atoms with van der Waals surface area (Å²) in [4.78, 5) is 5.37. The number of aliphatic hydroxyl groups excluding tert-OH is 1. The molecular formula is C22H33NO4. The number of nitrogens with one attached hydrogen (secondary N) is 1. The topological polar surface area (TPSA) is 60.0 Å². The fourth-order valence-corrected chi connectivity index (χ4v) is 2.30. The molecule has 1 aromatic rings. The molecular weight excluding hydrogens is 342 g/mol. The third-order valence-electron chi connectivity index (χ3n) is 3.58. The van der Waals surface area contributed by atoms with Gasteiger partial charge in [0.15, 0.2) is 0 Å². The maximum absolute atomic E-state index is 7.00.